The van der Waals surface area contributed by atoms with Gasteiger partial charge in [-0.15, -0.1) is 0 Å². The van der Waals surface area contributed by atoms with Gasteiger partial charge in [0.05, 0.1) is 6.10 Å². The minimum atomic E-state index is -0.215. The zero-order valence-electron chi connectivity index (χ0n) is 11.2. The molecule has 0 saturated carbocycles. The molecule has 2 nitrogen and oxygen atoms in total. The molecular weight excluding hydrogens is 253 g/mol. The lowest BCUT2D eigenvalue weighted by Gasteiger charge is -2.26. The van der Waals surface area contributed by atoms with Gasteiger partial charge in [-0.3, -0.25) is 0 Å². The highest BCUT2D eigenvalue weighted by Crippen LogP contribution is 2.18. The summed E-state index contributed by atoms with van der Waals surface area (Å²) in [5.41, 5.74) is 0.629. The van der Waals surface area contributed by atoms with Gasteiger partial charge in [0.25, 0.3) is 0 Å². The average molecular weight is 274 g/mol. The fourth-order valence-electron chi connectivity index (χ4n) is 2.15. The fraction of sp³-hybridized carbons (Fsp3) is 0.571. The molecule has 0 amide bonds. The molecule has 0 aliphatic rings. The van der Waals surface area contributed by atoms with E-state index in [1.54, 1.807) is 19.2 Å². The molecule has 1 rings (SSSR count). The molecule has 1 aromatic rings. The number of ether oxygens (including phenoxy) is 1. The van der Waals surface area contributed by atoms with E-state index in [2.05, 4.69) is 12.2 Å². The molecule has 0 spiro atoms. The Kier molecular flexibility index (Phi) is 6.61. The van der Waals surface area contributed by atoms with Crippen molar-refractivity contribution in [2.75, 3.05) is 13.7 Å². The molecular formula is C14H21ClFNO. The number of hydrogen-bond donors (Lipinski definition) is 1. The molecule has 4 heteroatoms. The lowest BCUT2D eigenvalue weighted by atomic mass is 9.99. The van der Waals surface area contributed by atoms with Gasteiger partial charge in [-0.2, -0.15) is 0 Å². The number of methoxy groups -OCH3 is 1. The van der Waals surface area contributed by atoms with Crippen molar-refractivity contribution >= 4 is 11.6 Å². The Morgan fingerprint density at radius 2 is 2.11 bits per heavy atom. The second kappa shape index (κ2) is 7.72. The number of hydrogen-bond acceptors (Lipinski definition) is 2. The molecule has 0 aliphatic carbocycles. The highest BCUT2D eigenvalue weighted by atomic mass is 35.5. The fourth-order valence-corrected chi connectivity index (χ4v) is 2.34. The van der Waals surface area contributed by atoms with E-state index in [-0.39, 0.29) is 18.0 Å². The van der Waals surface area contributed by atoms with Crippen LogP contribution in [-0.2, 0) is 11.2 Å². The predicted octanol–water partition coefficient (Wildman–Crippen LogP) is 3.42. The molecule has 0 bridgehead atoms. The van der Waals surface area contributed by atoms with Crippen molar-refractivity contribution in [2.24, 2.45) is 0 Å². The largest absolute Gasteiger partial charge is 0.380 e. The van der Waals surface area contributed by atoms with Crippen LogP contribution in [0.1, 0.15) is 25.8 Å². The Morgan fingerprint density at radius 1 is 1.39 bits per heavy atom. The van der Waals surface area contributed by atoms with Crippen molar-refractivity contribution in [3.8, 4) is 0 Å². The summed E-state index contributed by atoms with van der Waals surface area (Å²) in [6, 6.07) is 4.76. The summed E-state index contributed by atoms with van der Waals surface area (Å²) < 4.78 is 19.2. The maximum atomic E-state index is 13.7. The summed E-state index contributed by atoms with van der Waals surface area (Å²) in [4.78, 5) is 0. The Hall–Kier alpha value is -0.640. The van der Waals surface area contributed by atoms with Gasteiger partial charge in [-0.05, 0) is 43.1 Å². The van der Waals surface area contributed by atoms with Gasteiger partial charge in [0.2, 0.25) is 0 Å². The lowest BCUT2D eigenvalue weighted by Crippen LogP contribution is -2.42. The molecule has 0 aromatic heterocycles. The van der Waals surface area contributed by atoms with Crippen molar-refractivity contribution < 1.29 is 9.13 Å². The van der Waals surface area contributed by atoms with E-state index >= 15 is 0 Å². The van der Waals surface area contributed by atoms with Gasteiger partial charge in [0, 0.05) is 18.2 Å². The quantitative estimate of drug-likeness (QED) is 0.822. The smallest absolute Gasteiger partial charge is 0.126 e. The third-order valence-electron chi connectivity index (χ3n) is 3.07. The molecule has 1 N–H and O–H groups in total. The Labute approximate surface area is 113 Å². The summed E-state index contributed by atoms with van der Waals surface area (Å²) >= 11 is 5.91. The number of likely N-dealkylation sites (N-methyl/N-ethyl adjacent to an activating group) is 1. The molecule has 0 aliphatic heterocycles. The zero-order chi connectivity index (χ0) is 13.5. The summed E-state index contributed by atoms with van der Waals surface area (Å²) in [7, 11) is 1.69. The van der Waals surface area contributed by atoms with Crippen LogP contribution in [-0.4, -0.2) is 25.8 Å². The molecule has 0 heterocycles. The van der Waals surface area contributed by atoms with E-state index in [9.17, 15) is 4.39 Å². The first-order valence-electron chi connectivity index (χ1n) is 6.32. The van der Waals surface area contributed by atoms with E-state index in [1.165, 1.54) is 6.07 Å². The minimum absolute atomic E-state index is 0.0725. The number of benzene rings is 1. The van der Waals surface area contributed by atoms with E-state index < -0.39 is 0 Å². The van der Waals surface area contributed by atoms with Crippen LogP contribution in [0.5, 0.6) is 0 Å². The summed E-state index contributed by atoms with van der Waals surface area (Å²) in [6.45, 7) is 4.92. The average Bonchev–Trinajstić information content (AvgIpc) is 2.35. The molecule has 2 atom stereocenters. The highest BCUT2D eigenvalue weighted by Gasteiger charge is 2.20. The van der Waals surface area contributed by atoms with Gasteiger partial charge < -0.3 is 10.1 Å². The summed E-state index contributed by atoms with van der Waals surface area (Å²) in [5.74, 6) is -0.215. The predicted molar refractivity (Wildman–Crippen MR) is 73.7 cm³/mol. The molecule has 102 valence electrons. The zero-order valence-corrected chi connectivity index (χ0v) is 11.9. The van der Waals surface area contributed by atoms with Crippen LogP contribution in [0.2, 0.25) is 5.02 Å². The molecule has 0 saturated heterocycles. The minimum Gasteiger partial charge on any atom is -0.380 e. The molecule has 0 fully saturated rings. The maximum Gasteiger partial charge on any atom is 0.126 e. The van der Waals surface area contributed by atoms with Crippen molar-refractivity contribution in [2.45, 2.75) is 38.8 Å². The second-order valence-corrected chi connectivity index (χ2v) is 4.72. The van der Waals surface area contributed by atoms with Gasteiger partial charge in [0.15, 0.2) is 0 Å². The van der Waals surface area contributed by atoms with Crippen LogP contribution >= 0.6 is 11.6 Å². The normalized spacial score (nSPS) is 14.5. The van der Waals surface area contributed by atoms with Crippen LogP contribution < -0.4 is 5.32 Å². The third-order valence-corrected chi connectivity index (χ3v) is 3.30. The maximum absolute atomic E-state index is 13.7. The summed E-state index contributed by atoms with van der Waals surface area (Å²) in [6.07, 6.45) is 1.53. The van der Waals surface area contributed by atoms with Crippen molar-refractivity contribution in [1.29, 1.82) is 0 Å². The first kappa shape index (κ1) is 15.4. The lowest BCUT2D eigenvalue weighted by molar-refractivity contribution is 0.0656. The van der Waals surface area contributed by atoms with Crippen molar-refractivity contribution in [1.82, 2.24) is 5.32 Å². The molecule has 18 heavy (non-hydrogen) atoms. The van der Waals surface area contributed by atoms with E-state index in [0.29, 0.717) is 17.0 Å². The van der Waals surface area contributed by atoms with Crippen LogP contribution in [0, 0.1) is 5.82 Å². The third kappa shape index (κ3) is 4.23. The molecule has 1 aromatic carbocycles. The monoisotopic (exact) mass is 273 g/mol. The molecule has 2 unspecified atom stereocenters. The van der Waals surface area contributed by atoms with Gasteiger partial charge in [-0.1, -0.05) is 25.4 Å². The molecule has 0 radical (unpaired) electrons. The summed E-state index contributed by atoms with van der Waals surface area (Å²) in [5, 5.41) is 3.91. The number of rotatable bonds is 7. The van der Waals surface area contributed by atoms with Crippen LogP contribution in [0.3, 0.4) is 0 Å². The van der Waals surface area contributed by atoms with Gasteiger partial charge in [-0.25, -0.2) is 4.39 Å². The Balaban J connectivity index is 2.85. The standard InChI is InChI=1S/C14H21ClFNO/c1-4-14(18-3)13(17-5-2)9-10-8-11(15)6-7-12(10)16/h6-8,13-14,17H,4-5,9H2,1-3H3. The van der Waals surface area contributed by atoms with E-state index in [0.717, 1.165) is 13.0 Å². The number of nitrogens with one attached hydrogen (secondary N) is 1. The first-order chi connectivity index (χ1) is 8.62. The highest BCUT2D eigenvalue weighted by molar-refractivity contribution is 6.30. The van der Waals surface area contributed by atoms with Gasteiger partial charge in [0.1, 0.15) is 5.82 Å². The van der Waals surface area contributed by atoms with E-state index in [4.69, 9.17) is 16.3 Å². The SMILES string of the molecule is CCNC(Cc1cc(Cl)ccc1F)C(CC)OC. The van der Waals surface area contributed by atoms with Crippen LogP contribution in [0.25, 0.3) is 0 Å². The Bertz CT molecular complexity index is 369. The topological polar surface area (TPSA) is 21.3 Å². The van der Waals surface area contributed by atoms with Gasteiger partial charge >= 0.3 is 0 Å². The van der Waals surface area contributed by atoms with Crippen molar-refractivity contribution in [3.05, 3.63) is 34.6 Å². The van der Waals surface area contributed by atoms with E-state index in [1.807, 2.05) is 6.92 Å². The van der Waals surface area contributed by atoms with Crippen LogP contribution in [0.15, 0.2) is 18.2 Å². The first-order valence-corrected chi connectivity index (χ1v) is 6.70. The number of halogens is 2. The van der Waals surface area contributed by atoms with Crippen molar-refractivity contribution in [3.63, 3.8) is 0 Å². The second-order valence-electron chi connectivity index (χ2n) is 4.29. The van der Waals surface area contributed by atoms with Crippen LogP contribution in [0.4, 0.5) is 4.39 Å². The Morgan fingerprint density at radius 3 is 2.67 bits per heavy atom.